The van der Waals surface area contributed by atoms with Crippen molar-refractivity contribution in [2.24, 2.45) is 12.1 Å². The second-order valence-electron chi connectivity index (χ2n) is 4.39. The average Bonchev–Trinajstić information content (AvgIpc) is 3.08. The third-order valence-electron chi connectivity index (χ3n) is 3.04. The molecule has 4 nitrogen and oxygen atoms in total. The number of hydrogen-bond donors (Lipinski definition) is 1. The second-order valence-corrected chi connectivity index (χ2v) is 5.36. The Balaban J connectivity index is 1.82. The van der Waals surface area contributed by atoms with Gasteiger partial charge in [-0.2, -0.15) is 5.10 Å². The van der Waals surface area contributed by atoms with Crippen molar-refractivity contribution in [2.75, 3.05) is 0 Å². The number of nitrogens with zero attached hydrogens (tertiary/aromatic N) is 2. The molecule has 0 fully saturated rings. The number of thiophene rings is 1. The topological polar surface area (TPSA) is 46.4 Å². The first-order valence-corrected chi connectivity index (χ1v) is 7.04. The molecule has 3 rings (SSSR count). The summed E-state index contributed by atoms with van der Waals surface area (Å²) in [4.78, 5) is 13.2. The molecule has 0 radical (unpaired) electrons. The van der Waals surface area contributed by atoms with E-state index in [2.05, 4.69) is 10.5 Å². The summed E-state index contributed by atoms with van der Waals surface area (Å²) in [5, 5.41) is 6.88. The molecule has 100 valence electrons. The van der Waals surface area contributed by atoms with E-state index in [1.807, 2.05) is 59.6 Å². The first-order valence-electron chi connectivity index (χ1n) is 6.16. The lowest BCUT2D eigenvalue weighted by Crippen LogP contribution is -2.17. The molecule has 2 aromatic heterocycles. The number of carbonyl (C=O) groups excluding carboxylic acids is 1. The Bertz CT molecular complexity index is 772. The minimum absolute atomic E-state index is 0.199. The fraction of sp³-hybridized carbons (Fsp3) is 0.0667. The first kappa shape index (κ1) is 12.6. The van der Waals surface area contributed by atoms with Gasteiger partial charge < -0.3 is 4.57 Å². The lowest BCUT2D eigenvalue weighted by atomic mass is 10.2. The van der Waals surface area contributed by atoms with Crippen LogP contribution in [0.25, 0.3) is 10.9 Å². The van der Waals surface area contributed by atoms with Crippen LogP contribution < -0.4 is 5.43 Å². The van der Waals surface area contributed by atoms with Crippen LogP contribution in [0.1, 0.15) is 15.2 Å². The van der Waals surface area contributed by atoms with Crippen molar-refractivity contribution in [1.82, 2.24) is 9.99 Å². The Labute approximate surface area is 120 Å². The molecular weight excluding hydrogens is 270 g/mol. The largest absolute Gasteiger partial charge is 0.350 e. The number of fused-ring (bicyclic) bond motifs is 1. The van der Waals surface area contributed by atoms with Gasteiger partial charge in [0.25, 0.3) is 5.91 Å². The van der Waals surface area contributed by atoms with Gasteiger partial charge in [-0.1, -0.05) is 24.3 Å². The highest BCUT2D eigenvalue weighted by Gasteiger charge is 2.12. The molecule has 0 bridgehead atoms. The zero-order valence-electron chi connectivity index (χ0n) is 10.9. The Kier molecular flexibility index (Phi) is 3.35. The molecule has 0 saturated carbocycles. The third-order valence-corrected chi connectivity index (χ3v) is 3.85. The molecule has 3 aromatic rings. The van der Waals surface area contributed by atoms with Crippen LogP contribution in [0.4, 0.5) is 0 Å². The lowest BCUT2D eigenvalue weighted by Gasteiger charge is -1.97. The van der Waals surface area contributed by atoms with Gasteiger partial charge in [0.15, 0.2) is 0 Å². The average molecular weight is 283 g/mol. The normalized spacial score (nSPS) is 11.2. The highest BCUT2D eigenvalue weighted by atomic mass is 32.1. The smallest absolute Gasteiger partial charge is 0.273 e. The lowest BCUT2D eigenvalue weighted by molar-refractivity contribution is 0.0956. The number of nitrogens with one attached hydrogen (secondary N) is 1. The zero-order valence-corrected chi connectivity index (χ0v) is 11.7. The number of benzene rings is 1. The van der Waals surface area contributed by atoms with Gasteiger partial charge in [0.1, 0.15) is 0 Å². The minimum atomic E-state index is -0.199. The number of hydrogen-bond acceptors (Lipinski definition) is 3. The van der Waals surface area contributed by atoms with Gasteiger partial charge >= 0.3 is 0 Å². The van der Waals surface area contributed by atoms with Gasteiger partial charge in [0.05, 0.1) is 11.8 Å². The summed E-state index contributed by atoms with van der Waals surface area (Å²) in [7, 11) is 1.92. The van der Waals surface area contributed by atoms with Crippen LogP contribution in [-0.2, 0) is 7.05 Å². The van der Waals surface area contributed by atoms with Crippen molar-refractivity contribution < 1.29 is 4.79 Å². The number of amides is 1. The van der Waals surface area contributed by atoms with E-state index in [-0.39, 0.29) is 5.91 Å². The van der Waals surface area contributed by atoms with Gasteiger partial charge in [0.2, 0.25) is 0 Å². The van der Waals surface area contributed by atoms with Gasteiger partial charge in [-0.15, -0.1) is 11.3 Å². The maximum atomic E-state index is 12.2. The van der Waals surface area contributed by atoms with Crippen LogP contribution in [-0.4, -0.2) is 16.7 Å². The highest BCUT2D eigenvalue weighted by Crippen LogP contribution is 2.19. The molecule has 0 spiro atoms. The predicted octanol–water partition coefficient (Wildman–Crippen LogP) is 3.00. The van der Waals surface area contributed by atoms with Crippen LogP contribution in [0.3, 0.4) is 0 Å². The van der Waals surface area contributed by atoms with Crippen molar-refractivity contribution in [3.63, 3.8) is 0 Å². The summed E-state index contributed by atoms with van der Waals surface area (Å²) in [5.41, 5.74) is 4.23. The quantitative estimate of drug-likeness (QED) is 0.583. The predicted molar refractivity (Wildman–Crippen MR) is 82.3 cm³/mol. The number of aryl methyl sites for hydroxylation is 1. The van der Waals surface area contributed by atoms with Crippen molar-refractivity contribution >= 4 is 34.4 Å². The molecule has 1 N–H and O–H groups in total. The van der Waals surface area contributed by atoms with E-state index in [1.165, 1.54) is 0 Å². The molecule has 0 saturated heterocycles. The van der Waals surface area contributed by atoms with Crippen LogP contribution in [0, 0.1) is 0 Å². The summed E-state index contributed by atoms with van der Waals surface area (Å²) in [5.74, 6) is -0.199. The number of hydrazone groups is 1. The Morgan fingerprint density at radius 2 is 2.15 bits per heavy atom. The van der Waals surface area contributed by atoms with E-state index in [1.54, 1.807) is 17.6 Å². The van der Waals surface area contributed by atoms with E-state index in [0.29, 0.717) is 5.56 Å². The standard InChI is InChI=1S/C15H13N3OS/c1-18-10-13(12-6-2-3-7-14(12)18)15(19)17-16-9-11-5-4-8-20-11/h2-10H,1H3,(H,17,19)/b16-9+. The molecular formula is C15H13N3OS. The Morgan fingerprint density at radius 1 is 1.30 bits per heavy atom. The van der Waals surface area contributed by atoms with Crippen LogP contribution in [0.15, 0.2) is 53.1 Å². The molecule has 20 heavy (non-hydrogen) atoms. The first-order chi connectivity index (χ1) is 9.75. The van der Waals surface area contributed by atoms with Gasteiger partial charge in [0, 0.05) is 29.0 Å². The van der Waals surface area contributed by atoms with E-state index in [0.717, 1.165) is 15.8 Å². The molecule has 1 amide bonds. The monoisotopic (exact) mass is 283 g/mol. The van der Waals surface area contributed by atoms with Gasteiger partial charge in [-0.05, 0) is 17.5 Å². The summed E-state index contributed by atoms with van der Waals surface area (Å²) < 4.78 is 1.94. The van der Waals surface area contributed by atoms with Crippen LogP contribution in [0.2, 0.25) is 0 Å². The SMILES string of the molecule is Cn1cc(C(=O)N/N=C/c2cccs2)c2ccccc21. The van der Waals surface area contributed by atoms with Gasteiger partial charge in [-0.25, -0.2) is 5.43 Å². The summed E-state index contributed by atoms with van der Waals surface area (Å²) in [6, 6.07) is 11.7. The molecule has 0 aliphatic heterocycles. The number of carbonyl (C=O) groups is 1. The molecule has 0 unspecified atom stereocenters. The van der Waals surface area contributed by atoms with Crippen LogP contribution in [0.5, 0.6) is 0 Å². The van der Waals surface area contributed by atoms with Crippen molar-refractivity contribution in [1.29, 1.82) is 0 Å². The molecule has 0 atom stereocenters. The Morgan fingerprint density at radius 3 is 2.95 bits per heavy atom. The van der Waals surface area contributed by atoms with Crippen molar-refractivity contribution in [3.05, 3.63) is 58.4 Å². The zero-order chi connectivity index (χ0) is 13.9. The minimum Gasteiger partial charge on any atom is -0.350 e. The molecule has 5 heteroatoms. The summed E-state index contributed by atoms with van der Waals surface area (Å²) in [6.07, 6.45) is 3.47. The number of para-hydroxylation sites is 1. The summed E-state index contributed by atoms with van der Waals surface area (Å²) >= 11 is 1.57. The van der Waals surface area contributed by atoms with E-state index < -0.39 is 0 Å². The van der Waals surface area contributed by atoms with E-state index in [4.69, 9.17) is 0 Å². The molecule has 2 heterocycles. The van der Waals surface area contributed by atoms with Crippen molar-refractivity contribution in [3.8, 4) is 0 Å². The van der Waals surface area contributed by atoms with Crippen molar-refractivity contribution in [2.45, 2.75) is 0 Å². The van der Waals surface area contributed by atoms with E-state index >= 15 is 0 Å². The summed E-state index contributed by atoms with van der Waals surface area (Å²) in [6.45, 7) is 0. The maximum Gasteiger partial charge on any atom is 0.273 e. The number of rotatable bonds is 3. The fourth-order valence-electron chi connectivity index (χ4n) is 2.10. The maximum absolute atomic E-state index is 12.2. The van der Waals surface area contributed by atoms with Gasteiger partial charge in [-0.3, -0.25) is 4.79 Å². The van der Waals surface area contributed by atoms with E-state index in [9.17, 15) is 4.79 Å². The number of aromatic nitrogens is 1. The van der Waals surface area contributed by atoms with Crippen LogP contribution >= 0.6 is 11.3 Å². The molecule has 1 aromatic carbocycles. The third kappa shape index (κ3) is 2.35. The second kappa shape index (κ2) is 5.30. The molecule has 0 aliphatic carbocycles. The Hall–Kier alpha value is -2.40. The highest BCUT2D eigenvalue weighted by molar-refractivity contribution is 7.11. The molecule has 0 aliphatic rings. The fourth-order valence-corrected chi connectivity index (χ4v) is 2.69.